The number of nitrogens with one attached hydrogen (secondary N) is 1. The van der Waals surface area contributed by atoms with Gasteiger partial charge in [0.25, 0.3) is 5.91 Å². The predicted molar refractivity (Wildman–Crippen MR) is 72.0 cm³/mol. The van der Waals surface area contributed by atoms with Gasteiger partial charge in [-0.3, -0.25) is 9.78 Å². The standard InChI is InChI=1S/C14H13N3O2/c1-10(13-7-2-3-8-15-13)16-17-14(19)11-5-4-6-12(18)9-11/h2-9,18H,1H3,(H,17,19)/b16-10+. The average molecular weight is 255 g/mol. The molecule has 2 rings (SSSR count). The number of aromatic nitrogens is 1. The lowest BCUT2D eigenvalue weighted by molar-refractivity contribution is 0.0954. The van der Waals surface area contributed by atoms with Crippen molar-refractivity contribution in [1.82, 2.24) is 10.4 Å². The molecular formula is C14H13N3O2. The van der Waals surface area contributed by atoms with Crippen LogP contribution in [-0.2, 0) is 0 Å². The number of hydrazone groups is 1. The minimum atomic E-state index is -0.383. The highest BCUT2D eigenvalue weighted by atomic mass is 16.3. The molecule has 0 bridgehead atoms. The van der Waals surface area contributed by atoms with Crippen LogP contribution in [0.5, 0.6) is 5.75 Å². The van der Waals surface area contributed by atoms with Crippen molar-refractivity contribution >= 4 is 11.6 Å². The van der Waals surface area contributed by atoms with E-state index in [1.807, 2.05) is 12.1 Å². The second-order valence-electron chi connectivity index (χ2n) is 3.90. The molecule has 5 heteroatoms. The molecule has 0 atom stereocenters. The molecule has 0 aliphatic carbocycles. The Morgan fingerprint density at radius 2 is 2.11 bits per heavy atom. The molecule has 2 aromatic rings. The molecule has 0 aliphatic heterocycles. The Morgan fingerprint density at radius 1 is 1.26 bits per heavy atom. The summed E-state index contributed by atoms with van der Waals surface area (Å²) >= 11 is 0. The van der Waals surface area contributed by atoms with E-state index >= 15 is 0 Å². The fraction of sp³-hybridized carbons (Fsp3) is 0.0714. The highest BCUT2D eigenvalue weighted by molar-refractivity contribution is 5.99. The lowest BCUT2D eigenvalue weighted by Gasteiger charge is -2.02. The monoisotopic (exact) mass is 255 g/mol. The second kappa shape index (κ2) is 5.77. The quantitative estimate of drug-likeness (QED) is 0.650. The molecule has 0 radical (unpaired) electrons. The molecule has 5 nitrogen and oxygen atoms in total. The van der Waals surface area contributed by atoms with Gasteiger partial charge in [0.05, 0.1) is 11.4 Å². The summed E-state index contributed by atoms with van der Waals surface area (Å²) in [4.78, 5) is 15.9. The first-order valence-corrected chi connectivity index (χ1v) is 5.72. The molecule has 19 heavy (non-hydrogen) atoms. The topological polar surface area (TPSA) is 74.6 Å². The van der Waals surface area contributed by atoms with Crippen molar-refractivity contribution in [2.24, 2.45) is 5.10 Å². The molecular weight excluding hydrogens is 242 g/mol. The summed E-state index contributed by atoms with van der Waals surface area (Å²) in [6, 6.07) is 11.5. The molecule has 0 aliphatic rings. The number of amides is 1. The van der Waals surface area contributed by atoms with Crippen LogP contribution in [-0.4, -0.2) is 21.7 Å². The first-order chi connectivity index (χ1) is 9.16. The third kappa shape index (κ3) is 3.38. The second-order valence-corrected chi connectivity index (χ2v) is 3.90. The van der Waals surface area contributed by atoms with Crippen LogP contribution in [0.15, 0.2) is 53.8 Å². The Bertz CT molecular complexity index is 609. The Kier molecular flexibility index (Phi) is 3.87. The maximum Gasteiger partial charge on any atom is 0.271 e. The fourth-order valence-electron chi connectivity index (χ4n) is 1.48. The molecule has 96 valence electrons. The number of aromatic hydroxyl groups is 1. The van der Waals surface area contributed by atoms with E-state index in [-0.39, 0.29) is 11.7 Å². The van der Waals surface area contributed by atoms with Crippen molar-refractivity contribution in [2.75, 3.05) is 0 Å². The summed E-state index contributed by atoms with van der Waals surface area (Å²) < 4.78 is 0. The van der Waals surface area contributed by atoms with E-state index in [0.717, 1.165) is 0 Å². The molecule has 0 saturated carbocycles. The number of rotatable bonds is 3. The number of hydrogen-bond donors (Lipinski definition) is 2. The van der Waals surface area contributed by atoms with Crippen molar-refractivity contribution < 1.29 is 9.90 Å². The van der Waals surface area contributed by atoms with Crippen molar-refractivity contribution in [3.8, 4) is 5.75 Å². The summed E-state index contributed by atoms with van der Waals surface area (Å²) in [7, 11) is 0. The third-order valence-electron chi connectivity index (χ3n) is 2.47. The van der Waals surface area contributed by atoms with Crippen LogP contribution in [0.4, 0.5) is 0 Å². The SMILES string of the molecule is C/C(=N\NC(=O)c1cccc(O)c1)c1ccccn1. The van der Waals surface area contributed by atoms with Gasteiger partial charge in [-0.2, -0.15) is 5.10 Å². The normalized spacial score (nSPS) is 11.1. The molecule has 1 amide bonds. The average Bonchev–Trinajstić information content (AvgIpc) is 2.45. The van der Waals surface area contributed by atoms with E-state index in [4.69, 9.17) is 0 Å². The zero-order chi connectivity index (χ0) is 13.7. The number of nitrogens with zero attached hydrogens (tertiary/aromatic N) is 2. The third-order valence-corrected chi connectivity index (χ3v) is 2.47. The first-order valence-electron chi connectivity index (χ1n) is 5.72. The molecule has 0 unspecified atom stereocenters. The van der Waals surface area contributed by atoms with E-state index in [2.05, 4.69) is 15.5 Å². The number of hydrogen-bond acceptors (Lipinski definition) is 4. The van der Waals surface area contributed by atoms with Crippen LogP contribution in [0, 0.1) is 0 Å². The number of pyridine rings is 1. The number of benzene rings is 1. The van der Waals surface area contributed by atoms with E-state index < -0.39 is 0 Å². The summed E-state index contributed by atoms with van der Waals surface area (Å²) in [5, 5.41) is 13.3. The van der Waals surface area contributed by atoms with Crippen LogP contribution in [0.3, 0.4) is 0 Å². The smallest absolute Gasteiger partial charge is 0.271 e. The van der Waals surface area contributed by atoms with Gasteiger partial charge in [0.15, 0.2) is 0 Å². The van der Waals surface area contributed by atoms with Crippen molar-refractivity contribution in [1.29, 1.82) is 0 Å². The van der Waals surface area contributed by atoms with E-state index in [1.54, 1.807) is 31.3 Å². The maximum absolute atomic E-state index is 11.8. The zero-order valence-electron chi connectivity index (χ0n) is 10.4. The van der Waals surface area contributed by atoms with Crippen LogP contribution in [0.2, 0.25) is 0 Å². The van der Waals surface area contributed by atoms with Gasteiger partial charge in [-0.15, -0.1) is 0 Å². The molecule has 1 aromatic heterocycles. The van der Waals surface area contributed by atoms with Gasteiger partial charge in [0.1, 0.15) is 5.75 Å². The number of carbonyl (C=O) groups is 1. The summed E-state index contributed by atoms with van der Waals surface area (Å²) in [5.74, 6) is -0.343. The number of carbonyl (C=O) groups excluding carboxylic acids is 1. The Morgan fingerprint density at radius 3 is 2.79 bits per heavy atom. The molecule has 0 saturated heterocycles. The number of phenolic OH excluding ortho intramolecular Hbond substituents is 1. The number of phenols is 1. The largest absolute Gasteiger partial charge is 0.508 e. The van der Waals surface area contributed by atoms with E-state index in [9.17, 15) is 9.90 Å². The van der Waals surface area contributed by atoms with Gasteiger partial charge >= 0.3 is 0 Å². The molecule has 2 N–H and O–H groups in total. The highest BCUT2D eigenvalue weighted by Crippen LogP contribution is 2.10. The van der Waals surface area contributed by atoms with Crippen molar-refractivity contribution in [2.45, 2.75) is 6.92 Å². The van der Waals surface area contributed by atoms with Crippen molar-refractivity contribution in [3.05, 3.63) is 59.9 Å². The van der Waals surface area contributed by atoms with Gasteiger partial charge in [0.2, 0.25) is 0 Å². The fourth-order valence-corrected chi connectivity index (χ4v) is 1.48. The van der Waals surface area contributed by atoms with Gasteiger partial charge in [-0.25, -0.2) is 5.43 Å². The summed E-state index contributed by atoms with van der Waals surface area (Å²) in [5.41, 5.74) is 4.07. The Labute approximate surface area is 110 Å². The summed E-state index contributed by atoms with van der Waals surface area (Å²) in [6.45, 7) is 1.76. The minimum absolute atomic E-state index is 0.0399. The lowest BCUT2D eigenvalue weighted by atomic mass is 10.2. The van der Waals surface area contributed by atoms with Crippen LogP contribution < -0.4 is 5.43 Å². The van der Waals surface area contributed by atoms with E-state index in [1.165, 1.54) is 12.1 Å². The Balaban J connectivity index is 2.08. The van der Waals surface area contributed by atoms with Crippen LogP contribution >= 0.6 is 0 Å². The Hall–Kier alpha value is -2.69. The molecule has 0 spiro atoms. The molecule has 1 aromatic carbocycles. The van der Waals surface area contributed by atoms with Crippen LogP contribution in [0.1, 0.15) is 23.0 Å². The van der Waals surface area contributed by atoms with E-state index in [0.29, 0.717) is 17.0 Å². The van der Waals surface area contributed by atoms with Crippen molar-refractivity contribution in [3.63, 3.8) is 0 Å². The first kappa shape index (κ1) is 12.8. The maximum atomic E-state index is 11.8. The van der Waals surface area contributed by atoms with Gasteiger partial charge in [-0.1, -0.05) is 12.1 Å². The molecule has 1 heterocycles. The zero-order valence-corrected chi connectivity index (χ0v) is 10.4. The van der Waals surface area contributed by atoms with Crippen LogP contribution in [0.25, 0.3) is 0 Å². The molecule has 0 fully saturated rings. The minimum Gasteiger partial charge on any atom is -0.508 e. The van der Waals surface area contributed by atoms with Gasteiger partial charge < -0.3 is 5.11 Å². The summed E-state index contributed by atoms with van der Waals surface area (Å²) in [6.07, 6.45) is 1.66. The lowest BCUT2D eigenvalue weighted by Crippen LogP contribution is -2.19. The predicted octanol–water partition coefficient (Wildman–Crippen LogP) is 1.94. The highest BCUT2D eigenvalue weighted by Gasteiger charge is 2.05. The van der Waals surface area contributed by atoms with Gasteiger partial charge in [0, 0.05) is 11.8 Å². The van der Waals surface area contributed by atoms with Gasteiger partial charge in [-0.05, 0) is 37.3 Å².